The summed E-state index contributed by atoms with van der Waals surface area (Å²) in [6, 6.07) is 7.94. The summed E-state index contributed by atoms with van der Waals surface area (Å²) in [5, 5.41) is 6.80. The molecule has 0 saturated carbocycles. The third kappa shape index (κ3) is 3.66. The van der Waals surface area contributed by atoms with E-state index < -0.39 is 6.36 Å². The molecule has 0 amide bonds. The van der Waals surface area contributed by atoms with Crippen LogP contribution in [0, 0.1) is 0 Å². The zero-order chi connectivity index (χ0) is 13.0. The first-order valence-corrected chi connectivity index (χ1v) is 6.08. The Morgan fingerprint density at radius 2 is 1.94 bits per heavy atom. The van der Waals surface area contributed by atoms with Crippen LogP contribution in [0.15, 0.2) is 41.1 Å². The molecule has 96 valence electrons. The van der Waals surface area contributed by atoms with Gasteiger partial charge in [-0.05, 0) is 17.5 Å². The largest absolute Gasteiger partial charge is 0.573 e. The molecule has 0 aliphatic heterocycles. The number of ether oxygens (including phenoxy) is 1. The second-order valence-corrected chi connectivity index (χ2v) is 4.30. The van der Waals surface area contributed by atoms with Crippen LogP contribution in [-0.2, 0) is 6.54 Å². The van der Waals surface area contributed by atoms with Gasteiger partial charge in [0.25, 0.3) is 0 Å². The van der Waals surface area contributed by atoms with Crippen LogP contribution in [0.2, 0.25) is 0 Å². The first kappa shape index (κ1) is 12.8. The Hall–Kier alpha value is -1.69. The van der Waals surface area contributed by atoms with Gasteiger partial charge in [-0.25, -0.2) is 0 Å². The Balaban J connectivity index is 2.07. The van der Waals surface area contributed by atoms with E-state index in [1.807, 2.05) is 16.8 Å². The van der Waals surface area contributed by atoms with Crippen molar-refractivity contribution >= 4 is 17.0 Å². The van der Waals surface area contributed by atoms with Crippen LogP contribution in [0.4, 0.5) is 18.9 Å². The number of para-hydroxylation sites is 1. The molecule has 0 spiro atoms. The van der Waals surface area contributed by atoms with Crippen LogP contribution in [-0.4, -0.2) is 6.36 Å². The normalized spacial score (nSPS) is 11.3. The maximum Gasteiger partial charge on any atom is 0.573 e. The molecule has 0 atom stereocenters. The molecule has 18 heavy (non-hydrogen) atoms. The van der Waals surface area contributed by atoms with Crippen molar-refractivity contribution in [1.82, 2.24) is 0 Å². The zero-order valence-electron chi connectivity index (χ0n) is 9.20. The number of benzene rings is 1. The summed E-state index contributed by atoms with van der Waals surface area (Å²) in [5.41, 5.74) is 1.34. The lowest BCUT2D eigenvalue weighted by atomic mass is 10.2. The van der Waals surface area contributed by atoms with Gasteiger partial charge < -0.3 is 10.1 Å². The van der Waals surface area contributed by atoms with E-state index >= 15 is 0 Å². The van der Waals surface area contributed by atoms with E-state index in [9.17, 15) is 13.2 Å². The molecule has 2 aromatic rings. The summed E-state index contributed by atoms with van der Waals surface area (Å²) < 4.78 is 40.5. The van der Waals surface area contributed by atoms with E-state index in [0.29, 0.717) is 5.56 Å². The molecule has 2 nitrogen and oxygen atoms in total. The second kappa shape index (κ2) is 5.30. The van der Waals surface area contributed by atoms with Crippen molar-refractivity contribution in [2.75, 3.05) is 5.32 Å². The van der Waals surface area contributed by atoms with E-state index in [1.165, 1.54) is 23.5 Å². The summed E-state index contributed by atoms with van der Waals surface area (Å²) in [6.07, 6.45) is -4.67. The molecule has 1 aromatic carbocycles. The molecular formula is C12H10F3NOS. The monoisotopic (exact) mass is 273 g/mol. The Morgan fingerprint density at radius 3 is 2.61 bits per heavy atom. The summed E-state index contributed by atoms with van der Waals surface area (Å²) in [5.74, 6) is -0.173. The average molecular weight is 273 g/mol. The van der Waals surface area contributed by atoms with E-state index in [-0.39, 0.29) is 12.3 Å². The summed E-state index contributed by atoms with van der Waals surface area (Å²) >= 11 is 1.52. The summed E-state index contributed by atoms with van der Waals surface area (Å²) in [7, 11) is 0. The van der Waals surface area contributed by atoms with Crippen molar-refractivity contribution in [2.24, 2.45) is 0 Å². The predicted octanol–water partition coefficient (Wildman–Crippen LogP) is 4.26. The molecule has 0 bridgehead atoms. The van der Waals surface area contributed by atoms with Crippen molar-refractivity contribution < 1.29 is 17.9 Å². The van der Waals surface area contributed by atoms with Gasteiger partial charge in [-0.15, -0.1) is 13.2 Å². The fraction of sp³-hybridized carbons (Fsp3) is 0.167. The molecule has 6 heteroatoms. The number of thiophene rings is 1. The van der Waals surface area contributed by atoms with Crippen molar-refractivity contribution in [3.05, 3.63) is 46.7 Å². The highest BCUT2D eigenvalue weighted by molar-refractivity contribution is 7.08. The third-order valence-electron chi connectivity index (χ3n) is 2.20. The highest BCUT2D eigenvalue weighted by Crippen LogP contribution is 2.26. The minimum Gasteiger partial charge on any atom is -0.405 e. The molecule has 0 fully saturated rings. The van der Waals surface area contributed by atoms with Crippen LogP contribution < -0.4 is 10.1 Å². The van der Waals surface area contributed by atoms with Gasteiger partial charge in [-0.1, -0.05) is 18.2 Å². The van der Waals surface area contributed by atoms with Crippen LogP contribution in [0.5, 0.6) is 5.75 Å². The SMILES string of the molecule is FC(F)(F)Oc1ccccc1CNc1ccsc1. The molecule has 1 aromatic heterocycles. The Kier molecular flexibility index (Phi) is 3.76. The van der Waals surface area contributed by atoms with E-state index in [4.69, 9.17) is 0 Å². The highest BCUT2D eigenvalue weighted by atomic mass is 32.1. The van der Waals surface area contributed by atoms with Gasteiger partial charge in [0, 0.05) is 23.2 Å². The van der Waals surface area contributed by atoms with Gasteiger partial charge in [-0.2, -0.15) is 11.3 Å². The molecule has 1 N–H and O–H groups in total. The van der Waals surface area contributed by atoms with Crippen molar-refractivity contribution in [2.45, 2.75) is 12.9 Å². The quantitative estimate of drug-likeness (QED) is 0.898. The second-order valence-electron chi connectivity index (χ2n) is 3.52. The molecule has 0 aliphatic rings. The standard InChI is InChI=1S/C12H10F3NOS/c13-12(14,15)17-11-4-2-1-3-9(11)7-16-10-5-6-18-8-10/h1-6,8,16H,7H2. The van der Waals surface area contributed by atoms with Crippen LogP contribution >= 0.6 is 11.3 Å². The van der Waals surface area contributed by atoms with E-state index in [0.717, 1.165) is 5.69 Å². The minimum absolute atomic E-state index is 0.173. The number of anilines is 1. The van der Waals surface area contributed by atoms with E-state index in [2.05, 4.69) is 10.1 Å². The molecule has 0 aliphatic carbocycles. The maximum atomic E-state index is 12.2. The number of alkyl halides is 3. The molecule has 0 radical (unpaired) electrons. The predicted molar refractivity (Wildman–Crippen MR) is 64.8 cm³/mol. The smallest absolute Gasteiger partial charge is 0.405 e. The van der Waals surface area contributed by atoms with Crippen molar-refractivity contribution in [3.63, 3.8) is 0 Å². The number of hydrogen-bond donors (Lipinski definition) is 1. The number of nitrogens with one attached hydrogen (secondary N) is 1. The zero-order valence-corrected chi connectivity index (χ0v) is 10.0. The van der Waals surface area contributed by atoms with Crippen LogP contribution in [0.3, 0.4) is 0 Å². The molecule has 0 saturated heterocycles. The van der Waals surface area contributed by atoms with Crippen LogP contribution in [0.1, 0.15) is 5.56 Å². The minimum atomic E-state index is -4.67. The highest BCUT2D eigenvalue weighted by Gasteiger charge is 2.31. The fourth-order valence-electron chi connectivity index (χ4n) is 1.44. The lowest BCUT2D eigenvalue weighted by Crippen LogP contribution is -2.18. The lowest BCUT2D eigenvalue weighted by molar-refractivity contribution is -0.274. The average Bonchev–Trinajstić information content (AvgIpc) is 2.79. The molecule has 0 unspecified atom stereocenters. The Labute approximate surface area is 106 Å². The van der Waals surface area contributed by atoms with Gasteiger partial charge >= 0.3 is 6.36 Å². The van der Waals surface area contributed by atoms with Gasteiger partial charge in [0.1, 0.15) is 5.75 Å². The first-order valence-electron chi connectivity index (χ1n) is 5.14. The Bertz CT molecular complexity index is 496. The molecule has 2 rings (SSSR count). The molecule has 1 heterocycles. The maximum absolute atomic E-state index is 12.2. The summed E-state index contributed by atoms with van der Waals surface area (Å²) in [6.45, 7) is 0.281. The van der Waals surface area contributed by atoms with E-state index in [1.54, 1.807) is 12.1 Å². The molecular weight excluding hydrogens is 263 g/mol. The first-order chi connectivity index (χ1) is 8.54. The van der Waals surface area contributed by atoms with Gasteiger partial charge in [0.2, 0.25) is 0 Å². The van der Waals surface area contributed by atoms with Gasteiger partial charge in [-0.3, -0.25) is 0 Å². The third-order valence-corrected chi connectivity index (χ3v) is 2.89. The fourth-order valence-corrected chi connectivity index (χ4v) is 2.05. The van der Waals surface area contributed by atoms with Crippen molar-refractivity contribution in [3.8, 4) is 5.75 Å². The van der Waals surface area contributed by atoms with Gasteiger partial charge in [0.15, 0.2) is 0 Å². The topological polar surface area (TPSA) is 21.3 Å². The summed E-state index contributed by atoms with van der Waals surface area (Å²) in [4.78, 5) is 0. The van der Waals surface area contributed by atoms with Crippen molar-refractivity contribution in [1.29, 1.82) is 0 Å². The lowest BCUT2D eigenvalue weighted by Gasteiger charge is -2.13. The number of rotatable bonds is 4. The van der Waals surface area contributed by atoms with Gasteiger partial charge in [0.05, 0.1) is 0 Å². The Morgan fingerprint density at radius 1 is 1.17 bits per heavy atom. The number of hydrogen-bond acceptors (Lipinski definition) is 3. The number of halogens is 3. The van der Waals surface area contributed by atoms with Crippen LogP contribution in [0.25, 0.3) is 0 Å².